The van der Waals surface area contributed by atoms with Gasteiger partial charge < -0.3 is 20.5 Å². The molecule has 8 nitrogen and oxygen atoms in total. The molecule has 0 aromatic heterocycles. The second kappa shape index (κ2) is 9.33. The van der Waals surface area contributed by atoms with E-state index in [0.29, 0.717) is 36.1 Å². The van der Waals surface area contributed by atoms with Crippen LogP contribution in [-0.4, -0.2) is 41.5 Å². The molecule has 3 N–H and O–H groups in total. The summed E-state index contributed by atoms with van der Waals surface area (Å²) in [5.74, 6) is 1.77. The molecule has 29 heavy (non-hydrogen) atoms. The highest BCUT2D eigenvalue weighted by Gasteiger charge is 2.23. The fraction of sp³-hybridized carbons (Fsp3) is 0.250. The number of rotatable bonds is 7. The van der Waals surface area contributed by atoms with Gasteiger partial charge in [0.05, 0.1) is 26.0 Å². The van der Waals surface area contributed by atoms with Crippen molar-refractivity contribution < 1.29 is 19.1 Å². The Morgan fingerprint density at radius 1 is 1.24 bits per heavy atom. The molecule has 0 atom stereocenters. The minimum absolute atomic E-state index is 0.119. The van der Waals surface area contributed by atoms with Crippen molar-refractivity contribution in [1.29, 1.82) is 0 Å². The number of benzene rings is 2. The zero-order valence-corrected chi connectivity index (χ0v) is 17.0. The van der Waals surface area contributed by atoms with Crippen molar-refractivity contribution in [3.8, 4) is 11.5 Å². The zero-order valence-electron chi connectivity index (χ0n) is 16.2. The average molecular weight is 414 g/mol. The van der Waals surface area contributed by atoms with Crippen LogP contribution in [0.3, 0.4) is 0 Å². The van der Waals surface area contributed by atoms with E-state index in [2.05, 4.69) is 10.4 Å². The van der Waals surface area contributed by atoms with Crippen molar-refractivity contribution in [2.24, 2.45) is 10.8 Å². The Morgan fingerprint density at radius 2 is 2.00 bits per heavy atom. The lowest BCUT2D eigenvalue weighted by atomic mass is 10.1. The lowest BCUT2D eigenvalue weighted by molar-refractivity contribution is 0.222. The maximum absolute atomic E-state index is 12.3. The van der Waals surface area contributed by atoms with Gasteiger partial charge in [-0.3, -0.25) is 4.79 Å². The molecule has 1 aliphatic rings. The SMILES string of the molecule is CCOc1cc(C2=NN(Cc3ccc(NC(N)=O)cc3)C(=O)SC2)ccc1OC. The van der Waals surface area contributed by atoms with Crippen molar-refractivity contribution in [2.75, 3.05) is 24.8 Å². The molecule has 0 fully saturated rings. The van der Waals surface area contributed by atoms with Crippen molar-refractivity contribution in [2.45, 2.75) is 13.5 Å². The summed E-state index contributed by atoms with van der Waals surface area (Å²) >= 11 is 1.20. The molecule has 2 aromatic rings. The summed E-state index contributed by atoms with van der Waals surface area (Å²) in [5.41, 5.74) is 8.23. The maximum atomic E-state index is 12.3. The van der Waals surface area contributed by atoms with Gasteiger partial charge >= 0.3 is 11.3 Å². The van der Waals surface area contributed by atoms with Gasteiger partial charge in [0.2, 0.25) is 0 Å². The quantitative estimate of drug-likeness (QED) is 0.719. The standard InChI is InChI=1S/C20H22N4O4S/c1-3-28-18-10-14(6-9-17(18)27-2)16-12-29-20(26)24(23-16)11-13-4-7-15(8-5-13)22-19(21)25/h4-10H,3,11-12H2,1-2H3,(H3,21,22,25). The molecule has 0 saturated heterocycles. The van der Waals surface area contributed by atoms with Gasteiger partial charge in [-0.25, -0.2) is 9.80 Å². The van der Waals surface area contributed by atoms with Crippen molar-refractivity contribution in [3.63, 3.8) is 0 Å². The summed E-state index contributed by atoms with van der Waals surface area (Å²) in [5, 5.41) is 8.37. The molecule has 3 rings (SSSR count). The van der Waals surface area contributed by atoms with Crippen LogP contribution < -0.4 is 20.5 Å². The lowest BCUT2D eigenvalue weighted by Crippen LogP contribution is -2.29. The third kappa shape index (κ3) is 5.20. The van der Waals surface area contributed by atoms with Gasteiger partial charge in [0.25, 0.3) is 0 Å². The number of amides is 3. The largest absolute Gasteiger partial charge is 0.493 e. The van der Waals surface area contributed by atoms with Crippen LogP contribution in [0.5, 0.6) is 11.5 Å². The van der Waals surface area contributed by atoms with Gasteiger partial charge in [-0.1, -0.05) is 23.9 Å². The molecule has 1 aliphatic heterocycles. The number of methoxy groups -OCH3 is 1. The first-order chi connectivity index (χ1) is 14.0. The van der Waals surface area contributed by atoms with Crippen LogP contribution in [-0.2, 0) is 6.54 Å². The molecular weight excluding hydrogens is 392 g/mol. The van der Waals surface area contributed by atoms with Gasteiger partial charge in [-0.05, 0) is 42.8 Å². The minimum atomic E-state index is -0.625. The van der Waals surface area contributed by atoms with E-state index >= 15 is 0 Å². The van der Waals surface area contributed by atoms with Gasteiger partial charge in [-0.15, -0.1) is 0 Å². The molecule has 0 aliphatic carbocycles. The van der Waals surface area contributed by atoms with E-state index in [4.69, 9.17) is 15.2 Å². The highest BCUT2D eigenvalue weighted by Crippen LogP contribution is 2.30. The first kappa shape index (κ1) is 20.5. The van der Waals surface area contributed by atoms with Crippen LogP contribution in [0.15, 0.2) is 47.6 Å². The Bertz CT molecular complexity index is 931. The van der Waals surface area contributed by atoms with Crippen LogP contribution in [0.1, 0.15) is 18.1 Å². The second-order valence-corrected chi connectivity index (χ2v) is 7.07. The predicted molar refractivity (Wildman–Crippen MR) is 114 cm³/mol. The summed E-state index contributed by atoms with van der Waals surface area (Å²) in [6, 6.07) is 12.1. The predicted octanol–water partition coefficient (Wildman–Crippen LogP) is 3.66. The Morgan fingerprint density at radius 3 is 2.66 bits per heavy atom. The number of hydrogen-bond donors (Lipinski definition) is 2. The van der Waals surface area contributed by atoms with Gasteiger partial charge in [0.1, 0.15) is 0 Å². The van der Waals surface area contributed by atoms with Crippen LogP contribution >= 0.6 is 11.8 Å². The Balaban J connectivity index is 1.80. The Labute approximate surface area is 173 Å². The molecule has 2 aromatic carbocycles. The topological polar surface area (TPSA) is 106 Å². The summed E-state index contributed by atoms with van der Waals surface area (Å²) < 4.78 is 11.0. The molecular formula is C20H22N4O4S. The van der Waals surface area contributed by atoms with Gasteiger partial charge in [0.15, 0.2) is 11.5 Å². The summed E-state index contributed by atoms with van der Waals surface area (Å²) in [4.78, 5) is 23.2. The number of nitrogens with two attached hydrogens (primary N) is 1. The zero-order chi connectivity index (χ0) is 20.8. The fourth-order valence-corrected chi connectivity index (χ4v) is 3.53. The Kier molecular flexibility index (Phi) is 6.61. The number of nitrogens with one attached hydrogen (secondary N) is 1. The molecule has 0 radical (unpaired) electrons. The monoisotopic (exact) mass is 414 g/mol. The molecule has 0 saturated carbocycles. The number of anilines is 1. The molecule has 9 heteroatoms. The highest BCUT2D eigenvalue weighted by molar-refractivity contribution is 8.14. The number of hydrogen-bond acceptors (Lipinski definition) is 6. The average Bonchev–Trinajstić information content (AvgIpc) is 2.71. The number of urea groups is 1. The third-order valence-electron chi connectivity index (χ3n) is 4.14. The van der Waals surface area contributed by atoms with E-state index in [9.17, 15) is 9.59 Å². The first-order valence-corrected chi connectivity index (χ1v) is 9.97. The van der Waals surface area contributed by atoms with E-state index in [1.165, 1.54) is 16.8 Å². The molecule has 0 unspecified atom stereocenters. The van der Waals surface area contributed by atoms with E-state index in [0.717, 1.165) is 16.8 Å². The molecule has 0 spiro atoms. The highest BCUT2D eigenvalue weighted by atomic mass is 32.2. The first-order valence-electron chi connectivity index (χ1n) is 8.98. The Hall–Kier alpha value is -3.20. The van der Waals surface area contributed by atoms with Gasteiger partial charge in [0, 0.05) is 17.0 Å². The van der Waals surface area contributed by atoms with Gasteiger partial charge in [-0.2, -0.15) is 5.10 Å². The summed E-state index contributed by atoms with van der Waals surface area (Å²) in [7, 11) is 1.59. The molecule has 3 amide bonds. The maximum Gasteiger partial charge on any atom is 0.316 e. The number of primary amides is 1. The number of thioether (sulfide) groups is 1. The van der Waals surface area contributed by atoms with Crippen LogP contribution in [0.4, 0.5) is 15.3 Å². The summed E-state index contributed by atoms with van der Waals surface area (Å²) in [6.45, 7) is 2.75. The number of nitrogens with zero attached hydrogens (tertiary/aromatic N) is 2. The normalized spacial score (nSPS) is 13.7. The van der Waals surface area contributed by atoms with Crippen molar-refractivity contribution in [1.82, 2.24) is 5.01 Å². The molecule has 0 bridgehead atoms. The number of carbonyl (C=O) groups excluding carboxylic acids is 2. The van der Waals surface area contributed by atoms with E-state index in [-0.39, 0.29) is 5.24 Å². The molecule has 152 valence electrons. The second-order valence-electron chi connectivity index (χ2n) is 6.14. The minimum Gasteiger partial charge on any atom is -0.493 e. The van der Waals surface area contributed by atoms with Crippen LogP contribution in [0.2, 0.25) is 0 Å². The van der Waals surface area contributed by atoms with E-state index < -0.39 is 6.03 Å². The fourth-order valence-electron chi connectivity index (χ4n) is 2.79. The van der Waals surface area contributed by atoms with Crippen LogP contribution in [0.25, 0.3) is 0 Å². The lowest BCUT2D eigenvalue weighted by Gasteiger charge is -2.23. The number of hydrazone groups is 1. The smallest absolute Gasteiger partial charge is 0.316 e. The number of carbonyl (C=O) groups is 2. The van der Waals surface area contributed by atoms with E-state index in [1.54, 1.807) is 19.2 Å². The number of ether oxygens (including phenoxy) is 2. The van der Waals surface area contributed by atoms with E-state index in [1.807, 2.05) is 37.3 Å². The summed E-state index contributed by atoms with van der Waals surface area (Å²) in [6.07, 6.45) is 0. The van der Waals surface area contributed by atoms with Crippen molar-refractivity contribution in [3.05, 3.63) is 53.6 Å². The van der Waals surface area contributed by atoms with Crippen molar-refractivity contribution >= 4 is 34.4 Å². The molecule has 1 heterocycles. The third-order valence-corrected chi connectivity index (χ3v) is 5.01. The van der Waals surface area contributed by atoms with Crippen LogP contribution in [0, 0.1) is 0 Å².